The molecule has 0 atom stereocenters. The van der Waals surface area contributed by atoms with Crippen molar-refractivity contribution < 1.29 is 5.11 Å². The molecule has 0 unspecified atom stereocenters. The Morgan fingerprint density at radius 3 is 2.31 bits per heavy atom. The van der Waals surface area contributed by atoms with Crippen molar-refractivity contribution in [3.8, 4) is 0 Å². The van der Waals surface area contributed by atoms with Crippen molar-refractivity contribution in [2.24, 2.45) is 0 Å². The maximum absolute atomic E-state index is 8.60. The average molecular weight is 180 g/mol. The number of hydrogen-bond acceptors (Lipinski definition) is 3. The summed E-state index contributed by atoms with van der Waals surface area (Å²) in [5.74, 6) is 0. The SMILES string of the molecule is CN(C)c1ccc(NCCO)cc1. The molecule has 0 aliphatic heterocycles. The first-order chi connectivity index (χ1) is 6.24. The van der Waals surface area contributed by atoms with Gasteiger partial charge in [-0.3, -0.25) is 0 Å². The van der Waals surface area contributed by atoms with Crippen LogP contribution in [0.15, 0.2) is 24.3 Å². The van der Waals surface area contributed by atoms with Gasteiger partial charge in [-0.1, -0.05) is 0 Å². The summed E-state index contributed by atoms with van der Waals surface area (Å²) in [7, 11) is 4.02. The number of aliphatic hydroxyl groups excluding tert-OH is 1. The second kappa shape index (κ2) is 4.72. The zero-order valence-corrected chi connectivity index (χ0v) is 8.12. The maximum Gasteiger partial charge on any atom is 0.0604 e. The summed E-state index contributed by atoms with van der Waals surface area (Å²) in [6.07, 6.45) is 0. The second-order valence-electron chi connectivity index (χ2n) is 3.09. The van der Waals surface area contributed by atoms with E-state index in [0.29, 0.717) is 6.54 Å². The van der Waals surface area contributed by atoms with E-state index in [1.165, 1.54) is 5.69 Å². The van der Waals surface area contributed by atoms with Crippen LogP contribution in [0.3, 0.4) is 0 Å². The third kappa shape index (κ3) is 2.95. The lowest BCUT2D eigenvalue weighted by atomic mass is 10.2. The first-order valence-corrected chi connectivity index (χ1v) is 4.36. The molecule has 1 aromatic carbocycles. The lowest BCUT2D eigenvalue weighted by molar-refractivity contribution is 0.311. The third-order valence-electron chi connectivity index (χ3n) is 1.82. The molecule has 13 heavy (non-hydrogen) atoms. The van der Waals surface area contributed by atoms with Crippen LogP contribution in [-0.2, 0) is 0 Å². The molecule has 0 heterocycles. The van der Waals surface area contributed by atoms with Gasteiger partial charge in [-0.15, -0.1) is 0 Å². The van der Waals surface area contributed by atoms with Gasteiger partial charge < -0.3 is 15.3 Å². The van der Waals surface area contributed by atoms with Crippen LogP contribution in [-0.4, -0.2) is 32.4 Å². The minimum Gasteiger partial charge on any atom is -0.395 e. The monoisotopic (exact) mass is 180 g/mol. The first kappa shape index (κ1) is 9.86. The van der Waals surface area contributed by atoms with Crippen molar-refractivity contribution in [1.29, 1.82) is 0 Å². The van der Waals surface area contributed by atoms with E-state index in [9.17, 15) is 0 Å². The van der Waals surface area contributed by atoms with Gasteiger partial charge in [-0.05, 0) is 24.3 Å². The molecule has 0 amide bonds. The molecule has 0 spiro atoms. The molecular weight excluding hydrogens is 164 g/mol. The number of anilines is 2. The highest BCUT2D eigenvalue weighted by molar-refractivity contribution is 5.54. The number of aliphatic hydroxyl groups is 1. The van der Waals surface area contributed by atoms with Gasteiger partial charge in [0.1, 0.15) is 0 Å². The van der Waals surface area contributed by atoms with Gasteiger partial charge in [-0.2, -0.15) is 0 Å². The second-order valence-corrected chi connectivity index (χ2v) is 3.09. The maximum atomic E-state index is 8.60. The number of nitrogens with one attached hydrogen (secondary N) is 1. The fraction of sp³-hybridized carbons (Fsp3) is 0.400. The molecule has 0 saturated carbocycles. The predicted molar refractivity (Wildman–Crippen MR) is 56.3 cm³/mol. The number of benzene rings is 1. The molecule has 3 nitrogen and oxygen atoms in total. The minimum absolute atomic E-state index is 0.162. The predicted octanol–water partition coefficient (Wildman–Crippen LogP) is 1.16. The molecule has 0 radical (unpaired) electrons. The molecular formula is C10H16N2O. The van der Waals surface area contributed by atoms with Gasteiger partial charge >= 0.3 is 0 Å². The van der Waals surface area contributed by atoms with Crippen molar-refractivity contribution >= 4 is 11.4 Å². The van der Waals surface area contributed by atoms with Crippen LogP contribution >= 0.6 is 0 Å². The van der Waals surface area contributed by atoms with E-state index in [2.05, 4.69) is 10.2 Å². The van der Waals surface area contributed by atoms with Crippen molar-refractivity contribution in [3.05, 3.63) is 24.3 Å². The Bertz CT molecular complexity index is 244. The van der Waals surface area contributed by atoms with Crippen LogP contribution < -0.4 is 10.2 Å². The topological polar surface area (TPSA) is 35.5 Å². The Kier molecular flexibility index (Phi) is 3.58. The van der Waals surface area contributed by atoms with E-state index in [4.69, 9.17) is 5.11 Å². The molecule has 72 valence electrons. The summed E-state index contributed by atoms with van der Waals surface area (Å²) in [6, 6.07) is 8.09. The van der Waals surface area contributed by atoms with E-state index < -0.39 is 0 Å². The summed E-state index contributed by atoms with van der Waals surface area (Å²) in [4.78, 5) is 2.05. The average Bonchev–Trinajstić information content (AvgIpc) is 2.15. The Morgan fingerprint density at radius 1 is 1.23 bits per heavy atom. The zero-order valence-electron chi connectivity index (χ0n) is 8.12. The Labute approximate surface area is 79.0 Å². The first-order valence-electron chi connectivity index (χ1n) is 4.36. The number of rotatable bonds is 4. The quantitative estimate of drug-likeness (QED) is 0.729. The molecule has 0 aliphatic rings. The van der Waals surface area contributed by atoms with Gasteiger partial charge in [-0.25, -0.2) is 0 Å². The molecule has 0 aromatic heterocycles. The molecule has 0 bridgehead atoms. The fourth-order valence-corrected chi connectivity index (χ4v) is 1.08. The van der Waals surface area contributed by atoms with E-state index in [-0.39, 0.29) is 6.61 Å². The molecule has 1 rings (SSSR count). The zero-order chi connectivity index (χ0) is 9.68. The fourth-order valence-electron chi connectivity index (χ4n) is 1.08. The van der Waals surface area contributed by atoms with Crippen LogP contribution in [0.2, 0.25) is 0 Å². The van der Waals surface area contributed by atoms with Gasteiger partial charge in [0.15, 0.2) is 0 Å². The molecule has 3 heteroatoms. The highest BCUT2D eigenvalue weighted by atomic mass is 16.3. The summed E-state index contributed by atoms with van der Waals surface area (Å²) in [6.45, 7) is 0.761. The molecule has 0 fully saturated rings. The van der Waals surface area contributed by atoms with E-state index >= 15 is 0 Å². The van der Waals surface area contributed by atoms with Crippen molar-refractivity contribution in [3.63, 3.8) is 0 Å². The minimum atomic E-state index is 0.162. The molecule has 1 aromatic rings. The van der Waals surface area contributed by atoms with Gasteiger partial charge in [0.05, 0.1) is 6.61 Å². The largest absolute Gasteiger partial charge is 0.395 e. The standard InChI is InChI=1S/C10H16N2O/c1-12(2)10-5-3-9(4-6-10)11-7-8-13/h3-6,11,13H,7-8H2,1-2H3. The summed E-state index contributed by atoms with van der Waals surface area (Å²) >= 11 is 0. The lowest BCUT2D eigenvalue weighted by Gasteiger charge is -2.12. The van der Waals surface area contributed by atoms with Crippen molar-refractivity contribution in [2.75, 3.05) is 37.5 Å². The van der Waals surface area contributed by atoms with E-state index in [1.807, 2.05) is 38.4 Å². The van der Waals surface area contributed by atoms with Crippen LogP contribution in [0.1, 0.15) is 0 Å². The Hall–Kier alpha value is -1.22. The number of hydrogen-bond donors (Lipinski definition) is 2. The number of nitrogens with zero attached hydrogens (tertiary/aromatic N) is 1. The molecule has 0 aliphatic carbocycles. The van der Waals surface area contributed by atoms with Crippen molar-refractivity contribution in [2.45, 2.75) is 0 Å². The smallest absolute Gasteiger partial charge is 0.0604 e. The van der Waals surface area contributed by atoms with E-state index in [1.54, 1.807) is 0 Å². The Balaban J connectivity index is 2.59. The van der Waals surface area contributed by atoms with Gasteiger partial charge in [0.25, 0.3) is 0 Å². The summed E-state index contributed by atoms with van der Waals surface area (Å²) in [5, 5.41) is 11.7. The highest BCUT2D eigenvalue weighted by Crippen LogP contribution is 2.14. The van der Waals surface area contributed by atoms with E-state index in [0.717, 1.165) is 5.69 Å². The summed E-state index contributed by atoms with van der Waals surface area (Å²) < 4.78 is 0. The van der Waals surface area contributed by atoms with Crippen LogP contribution in [0.5, 0.6) is 0 Å². The Morgan fingerprint density at radius 2 is 1.85 bits per heavy atom. The van der Waals surface area contributed by atoms with Crippen LogP contribution in [0, 0.1) is 0 Å². The van der Waals surface area contributed by atoms with Gasteiger partial charge in [0.2, 0.25) is 0 Å². The summed E-state index contributed by atoms with van der Waals surface area (Å²) in [5.41, 5.74) is 2.22. The highest BCUT2D eigenvalue weighted by Gasteiger charge is 1.94. The van der Waals surface area contributed by atoms with Crippen LogP contribution in [0.25, 0.3) is 0 Å². The van der Waals surface area contributed by atoms with Crippen LogP contribution in [0.4, 0.5) is 11.4 Å². The van der Waals surface area contributed by atoms with Gasteiger partial charge in [0, 0.05) is 32.0 Å². The van der Waals surface area contributed by atoms with Crippen molar-refractivity contribution in [1.82, 2.24) is 0 Å². The lowest BCUT2D eigenvalue weighted by Crippen LogP contribution is -2.09. The molecule has 0 saturated heterocycles. The molecule has 2 N–H and O–H groups in total. The normalized spacial score (nSPS) is 9.77. The third-order valence-corrected chi connectivity index (χ3v) is 1.82.